The van der Waals surface area contributed by atoms with E-state index in [1.54, 1.807) is 0 Å². The smallest absolute Gasteiger partial charge is 0.0865 e. The van der Waals surface area contributed by atoms with Gasteiger partial charge >= 0.3 is 0 Å². The van der Waals surface area contributed by atoms with Gasteiger partial charge in [-0.25, -0.2) is 0 Å². The first-order valence-corrected chi connectivity index (χ1v) is 10.8. The fourth-order valence-corrected chi connectivity index (χ4v) is 5.02. The molecule has 1 heterocycles. The molecular weight excluding hydrogens is 362 g/mol. The number of ether oxygens (including phenoxy) is 1. The fraction of sp³-hybridized carbons (Fsp3) is 0.280. The molecule has 1 fully saturated rings. The van der Waals surface area contributed by atoms with Crippen molar-refractivity contribution in [2.75, 3.05) is 19.7 Å². The number of morpholine rings is 1. The van der Waals surface area contributed by atoms with E-state index in [2.05, 4.69) is 96.8 Å². The number of nitrogens with zero attached hydrogens (tertiary/aromatic N) is 1. The van der Waals surface area contributed by atoms with Crippen LogP contribution in [0.4, 0.5) is 0 Å². The molecule has 0 radical (unpaired) electrons. The molecule has 0 aromatic heterocycles. The molecule has 1 aliphatic heterocycles. The van der Waals surface area contributed by atoms with Crippen LogP contribution in [0, 0.1) is 6.92 Å². The third-order valence-corrected chi connectivity index (χ3v) is 6.78. The Morgan fingerprint density at radius 1 is 0.929 bits per heavy atom. The van der Waals surface area contributed by atoms with Crippen LogP contribution in [0.25, 0.3) is 0 Å². The molecule has 0 amide bonds. The van der Waals surface area contributed by atoms with Gasteiger partial charge in [-0.3, -0.25) is 4.90 Å². The Hall–Kier alpha value is -2.07. The minimum Gasteiger partial charge on any atom is -0.374 e. The molecule has 0 spiro atoms. The number of aryl methyl sites for hydroxylation is 1. The summed E-state index contributed by atoms with van der Waals surface area (Å²) in [7, 11) is 0. The standard InChI is InChI=1S/C25H27NOS/c1-20-10-8-9-15-24(20)28-25(22-13-6-3-7-14-22)23-19-26(16-17-27-23)18-21-11-4-2-5-12-21/h2-15,23,25H,16-19H2,1H3. The van der Waals surface area contributed by atoms with Crippen LogP contribution in [0.5, 0.6) is 0 Å². The predicted octanol–water partition coefficient (Wildman–Crippen LogP) is 5.73. The molecule has 3 aromatic carbocycles. The van der Waals surface area contributed by atoms with E-state index in [-0.39, 0.29) is 11.4 Å². The average molecular weight is 390 g/mol. The molecule has 2 unspecified atom stereocenters. The molecule has 3 heteroatoms. The third-order valence-electron chi connectivity index (χ3n) is 5.24. The van der Waals surface area contributed by atoms with Gasteiger partial charge in [-0.1, -0.05) is 78.9 Å². The zero-order valence-corrected chi connectivity index (χ0v) is 17.1. The fourth-order valence-electron chi connectivity index (χ4n) is 3.73. The highest BCUT2D eigenvalue weighted by Gasteiger charge is 2.30. The second-order valence-corrected chi connectivity index (χ2v) is 8.53. The summed E-state index contributed by atoms with van der Waals surface area (Å²) in [5, 5.41) is 0.279. The van der Waals surface area contributed by atoms with Gasteiger partial charge in [0.15, 0.2) is 0 Å². The SMILES string of the molecule is Cc1ccccc1SC(c1ccccc1)C1CN(Cc2ccccc2)CCO1. The maximum Gasteiger partial charge on any atom is 0.0865 e. The number of hydrogen-bond donors (Lipinski definition) is 0. The molecule has 1 aliphatic rings. The third kappa shape index (κ3) is 4.85. The van der Waals surface area contributed by atoms with Gasteiger partial charge < -0.3 is 4.74 Å². The van der Waals surface area contributed by atoms with Gasteiger partial charge in [-0.2, -0.15) is 0 Å². The van der Waals surface area contributed by atoms with Crippen LogP contribution in [-0.2, 0) is 11.3 Å². The Morgan fingerprint density at radius 2 is 1.61 bits per heavy atom. The van der Waals surface area contributed by atoms with Crippen molar-refractivity contribution in [3.8, 4) is 0 Å². The van der Waals surface area contributed by atoms with Gasteiger partial charge in [0.2, 0.25) is 0 Å². The van der Waals surface area contributed by atoms with Crippen LogP contribution in [0.15, 0.2) is 89.8 Å². The lowest BCUT2D eigenvalue weighted by Crippen LogP contribution is -2.44. The molecule has 2 atom stereocenters. The number of benzene rings is 3. The monoisotopic (exact) mass is 389 g/mol. The minimum absolute atomic E-state index is 0.171. The molecule has 0 aliphatic carbocycles. The van der Waals surface area contributed by atoms with Crippen LogP contribution in [0.2, 0.25) is 0 Å². The van der Waals surface area contributed by atoms with Gasteiger partial charge in [0.25, 0.3) is 0 Å². The van der Waals surface area contributed by atoms with E-state index < -0.39 is 0 Å². The molecule has 0 bridgehead atoms. The molecule has 0 N–H and O–H groups in total. The summed E-state index contributed by atoms with van der Waals surface area (Å²) < 4.78 is 6.31. The zero-order valence-electron chi connectivity index (χ0n) is 16.3. The summed E-state index contributed by atoms with van der Waals surface area (Å²) in [6.45, 7) is 5.90. The second-order valence-electron chi connectivity index (χ2n) is 7.34. The van der Waals surface area contributed by atoms with Crippen LogP contribution >= 0.6 is 11.8 Å². The first-order chi connectivity index (χ1) is 13.8. The molecule has 1 saturated heterocycles. The number of hydrogen-bond acceptors (Lipinski definition) is 3. The number of rotatable bonds is 6. The molecule has 4 rings (SSSR count). The van der Waals surface area contributed by atoms with Crippen LogP contribution in [0.1, 0.15) is 21.9 Å². The lowest BCUT2D eigenvalue weighted by Gasteiger charge is -2.37. The quantitative estimate of drug-likeness (QED) is 0.500. The topological polar surface area (TPSA) is 12.5 Å². The van der Waals surface area contributed by atoms with Gasteiger partial charge in [0, 0.05) is 24.5 Å². The molecular formula is C25H27NOS. The van der Waals surface area contributed by atoms with Crippen molar-refractivity contribution in [3.63, 3.8) is 0 Å². The highest BCUT2D eigenvalue weighted by Crippen LogP contribution is 2.41. The maximum absolute atomic E-state index is 6.31. The minimum atomic E-state index is 0.171. The van der Waals surface area contributed by atoms with Gasteiger partial charge in [-0.05, 0) is 29.7 Å². The summed E-state index contributed by atoms with van der Waals surface area (Å²) in [6.07, 6.45) is 0.171. The van der Waals surface area contributed by atoms with Crippen LogP contribution in [-0.4, -0.2) is 30.7 Å². The van der Waals surface area contributed by atoms with Crippen molar-refractivity contribution in [1.29, 1.82) is 0 Å². The van der Waals surface area contributed by atoms with Crippen LogP contribution < -0.4 is 0 Å². The van der Waals surface area contributed by atoms with Gasteiger partial charge in [0.1, 0.15) is 0 Å². The van der Waals surface area contributed by atoms with Gasteiger partial charge in [0.05, 0.1) is 18.0 Å². The van der Waals surface area contributed by atoms with E-state index in [0.29, 0.717) is 0 Å². The van der Waals surface area contributed by atoms with Crippen molar-refractivity contribution >= 4 is 11.8 Å². The molecule has 3 aromatic rings. The molecule has 28 heavy (non-hydrogen) atoms. The predicted molar refractivity (Wildman–Crippen MR) is 118 cm³/mol. The van der Waals surface area contributed by atoms with E-state index in [9.17, 15) is 0 Å². The lowest BCUT2D eigenvalue weighted by atomic mass is 10.1. The Balaban J connectivity index is 1.54. The first kappa shape index (κ1) is 19.3. The van der Waals surface area contributed by atoms with E-state index in [1.165, 1.54) is 21.6 Å². The van der Waals surface area contributed by atoms with Crippen molar-refractivity contribution in [2.24, 2.45) is 0 Å². The van der Waals surface area contributed by atoms with E-state index in [0.717, 1.165) is 26.2 Å². The molecule has 2 nitrogen and oxygen atoms in total. The van der Waals surface area contributed by atoms with Crippen molar-refractivity contribution in [3.05, 3.63) is 102 Å². The normalized spacial score (nSPS) is 18.7. The highest BCUT2D eigenvalue weighted by molar-refractivity contribution is 7.99. The lowest BCUT2D eigenvalue weighted by molar-refractivity contribution is -0.0319. The van der Waals surface area contributed by atoms with Crippen molar-refractivity contribution in [2.45, 2.75) is 29.7 Å². The summed E-state index contributed by atoms with van der Waals surface area (Å²) in [4.78, 5) is 3.86. The molecule has 144 valence electrons. The first-order valence-electron chi connectivity index (χ1n) is 9.95. The van der Waals surface area contributed by atoms with E-state index in [1.807, 2.05) is 11.8 Å². The maximum atomic E-state index is 6.31. The summed E-state index contributed by atoms with van der Waals surface area (Å²) in [6, 6.07) is 30.2. The van der Waals surface area contributed by atoms with Crippen molar-refractivity contribution < 1.29 is 4.74 Å². The van der Waals surface area contributed by atoms with Crippen molar-refractivity contribution in [1.82, 2.24) is 4.90 Å². The summed E-state index contributed by atoms with van der Waals surface area (Å²) in [5.41, 5.74) is 4.03. The second kappa shape index (κ2) is 9.42. The van der Waals surface area contributed by atoms with E-state index in [4.69, 9.17) is 4.74 Å². The average Bonchev–Trinajstić information content (AvgIpc) is 2.75. The van der Waals surface area contributed by atoms with Gasteiger partial charge in [-0.15, -0.1) is 11.8 Å². The zero-order chi connectivity index (χ0) is 19.2. The number of thioether (sulfide) groups is 1. The molecule has 0 saturated carbocycles. The largest absolute Gasteiger partial charge is 0.374 e. The summed E-state index contributed by atoms with van der Waals surface area (Å²) >= 11 is 1.93. The van der Waals surface area contributed by atoms with Crippen LogP contribution in [0.3, 0.4) is 0 Å². The summed E-state index contributed by atoms with van der Waals surface area (Å²) in [5.74, 6) is 0. The Kier molecular flexibility index (Phi) is 6.48. The highest BCUT2D eigenvalue weighted by atomic mass is 32.2. The Labute approximate surface area is 172 Å². The van der Waals surface area contributed by atoms with E-state index >= 15 is 0 Å². The Bertz CT molecular complexity index is 868. The Morgan fingerprint density at radius 3 is 2.36 bits per heavy atom.